The van der Waals surface area contributed by atoms with Crippen molar-refractivity contribution < 1.29 is 5.11 Å². The first kappa shape index (κ1) is 11.5. The lowest BCUT2D eigenvalue weighted by Gasteiger charge is -2.23. The Balaban J connectivity index is 2.05. The number of nitrogens with zero attached hydrogens (tertiary/aromatic N) is 1. The van der Waals surface area contributed by atoms with Crippen LogP contribution in [0.15, 0.2) is 24.3 Å². The van der Waals surface area contributed by atoms with Gasteiger partial charge in [-0.05, 0) is 50.3 Å². The average molecular weight is 219 g/mol. The van der Waals surface area contributed by atoms with Crippen LogP contribution in [0, 0.1) is 5.92 Å². The summed E-state index contributed by atoms with van der Waals surface area (Å²) in [5.74, 6) is 0.913. The minimum absolute atomic E-state index is 0.368. The molecule has 0 saturated heterocycles. The Labute approximate surface area is 97.9 Å². The number of benzene rings is 1. The molecular formula is C14H21NO. The van der Waals surface area contributed by atoms with Gasteiger partial charge in [-0.1, -0.05) is 12.1 Å². The first-order valence-electron chi connectivity index (χ1n) is 6.23. The van der Waals surface area contributed by atoms with Crippen molar-refractivity contribution in [1.29, 1.82) is 0 Å². The third-order valence-electron chi connectivity index (χ3n) is 3.30. The first-order chi connectivity index (χ1) is 7.70. The number of hydrogen-bond donors (Lipinski definition) is 1. The number of aliphatic hydroxyl groups excluding tert-OH is 1. The summed E-state index contributed by atoms with van der Waals surface area (Å²) in [5.41, 5.74) is 2.27. The molecule has 0 bridgehead atoms. The highest BCUT2D eigenvalue weighted by molar-refractivity contribution is 5.48. The van der Waals surface area contributed by atoms with E-state index >= 15 is 0 Å². The molecule has 0 spiro atoms. The summed E-state index contributed by atoms with van der Waals surface area (Å²) in [6.07, 6.45) is 2.41. The molecule has 1 saturated carbocycles. The van der Waals surface area contributed by atoms with Crippen molar-refractivity contribution in [3.63, 3.8) is 0 Å². The molecule has 1 aliphatic carbocycles. The van der Waals surface area contributed by atoms with Crippen molar-refractivity contribution in [2.75, 3.05) is 18.0 Å². The van der Waals surface area contributed by atoms with Crippen LogP contribution in [0.5, 0.6) is 0 Å². The molecule has 1 aromatic carbocycles. The fourth-order valence-corrected chi connectivity index (χ4v) is 1.99. The molecule has 2 nitrogen and oxygen atoms in total. The van der Waals surface area contributed by atoms with Crippen molar-refractivity contribution in [2.45, 2.75) is 32.8 Å². The average Bonchev–Trinajstić information content (AvgIpc) is 3.10. The van der Waals surface area contributed by atoms with Crippen LogP contribution in [0.3, 0.4) is 0 Å². The second kappa shape index (κ2) is 4.88. The Morgan fingerprint density at radius 1 is 1.31 bits per heavy atom. The van der Waals surface area contributed by atoms with E-state index in [-0.39, 0.29) is 6.10 Å². The summed E-state index contributed by atoms with van der Waals surface area (Å²) in [7, 11) is 0. The van der Waals surface area contributed by atoms with E-state index in [1.54, 1.807) is 6.92 Å². The molecule has 88 valence electrons. The number of aliphatic hydroxyl groups is 1. The van der Waals surface area contributed by atoms with E-state index in [1.165, 1.54) is 25.1 Å². The lowest BCUT2D eigenvalue weighted by atomic mass is 10.1. The van der Waals surface area contributed by atoms with Crippen molar-refractivity contribution in [3.8, 4) is 0 Å². The normalized spacial score (nSPS) is 17.2. The van der Waals surface area contributed by atoms with Crippen molar-refractivity contribution in [2.24, 2.45) is 5.92 Å². The smallest absolute Gasteiger partial charge is 0.0761 e. The highest BCUT2D eigenvalue weighted by atomic mass is 16.3. The van der Waals surface area contributed by atoms with Crippen LogP contribution < -0.4 is 4.90 Å². The number of hydrogen-bond acceptors (Lipinski definition) is 2. The molecule has 16 heavy (non-hydrogen) atoms. The minimum Gasteiger partial charge on any atom is -0.389 e. The highest BCUT2D eigenvalue weighted by Crippen LogP contribution is 2.31. The predicted molar refractivity (Wildman–Crippen MR) is 67.7 cm³/mol. The standard InChI is InChI=1S/C14H21NO/c1-3-15(10-12-4-5-12)14-8-6-13(7-9-14)11(2)16/h6-9,11-12,16H,3-5,10H2,1-2H3/t11-/m1/s1. The molecule has 0 unspecified atom stereocenters. The lowest BCUT2D eigenvalue weighted by Crippen LogP contribution is -2.25. The van der Waals surface area contributed by atoms with E-state index in [1.807, 2.05) is 12.1 Å². The number of rotatable bonds is 5. The van der Waals surface area contributed by atoms with Gasteiger partial charge in [0.1, 0.15) is 0 Å². The van der Waals surface area contributed by atoms with Crippen molar-refractivity contribution >= 4 is 5.69 Å². The Morgan fingerprint density at radius 2 is 1.94 bits per heavy atom. The van der Waals surface area contributed by atoms with E-state index in [0.717, 1.165) is 18.0 Å². The van der Waals surface area contributed by atoms with Gasteiger partial charge in [0, 0.05) is 18.8 Å². The van der Waals surface area contributed by atoms with Gasteiger partial charge in [-0.2, -0.15) is 0 Å². The minimum atomic E-state index is -0.368. The van der Waals surface area contributed by atoms with Crippen molar-refractivity contribution in [3.05, 3.63) is 29.8 Å². The summed E-state index contributed by atoms with van der Waals surface area (Å²) < 4.78 is 0. The van der Waals surface area contributed by atoms with E-state index in [9.17, 15) is 5.11 Å². The molecule has 2 rings (SSSR count). The topological polar surface area (TPSA) is 23.5 Å². The Kier molecular flexibility index (Phi) is 3.49. The fraction of sp³-hybridized carbons (Fsp3) is 0.571. The van der Waals surface area contributed by atoms with Crippen molar-refractivity contribution in [1.82, 2.24) is 0 Å². The van der Waals surface area contributed by atoms with Crippen LogP contribution in [-0.2, 0) is 0 Å². The maximum absolute atomic E-state index is 9.45. The molecule has 0 heterocycles. The quantitative estimate of drug-likeness (QED) is 0.823. The van der Waals surface area contributed by atoms with E-state index in [0.29, 0.717) is 0 Å². The molecule has 0 aliphatic heterocycles. The molecule has 0 amide bonds. The molecule has 1 atom stereocenters. The van der Waals surface area contributed by atoms with Crippen LogP contribution >= 0.6 is 0 Å². The first-order valence-corrected chi connectivity index (χ1v) is 6.23. The summed E-state index contributed by atoms with van der Waals surface area (Å²) in [6.45, 7) is 6.25. The molecular weight excluding hydrogens is 198 g/mol. The third-order valence-corrected chi connectivity index (χ3v) is 3.30. The van der Waals surface area contributed by atoms with Gasteiger partial charge in [0.2, 0.25) is 0 Å². The Morgan fingerprint density at radius 3 is 2.38 bits per heavy atom. The van der Waals surface area contributed by atoms with Gasteiger partial charge in [0.15, 0.2) is 0 Å². The van der Waals surface area contributed by atoms with E-state index in [4.69, 9.17) is 0 Å². The SMILES string of the molecule is CCN(CC1CC1)c1ccc([C@@H](C)O)cc1. The van der Waals surface area contributed by atoms with Gasteiger partial charge in [-0.25, -0.2) is 0 Å². The summed E-state index contributed by atoms with van der Waals surface area (Å²) in [6, 6.07) is 8.28. The predicted octanol–water partition coefficient (Wildman–Crippen LogP) is 2.98. The monoisotopic (exact) mass is 219 g/mol. The fourth-order valence-electron chi connectivity index (χ4n) is 1.99. The third kappa shape index (κ3) is 2.76. The summed E-state index contributed by atoms with van der Waals surface area (Å²) in [4.78, 5) is 2.42. The van der Waals surface area contributed by atoms with Crippen LogP contribution in [0.4, 0.5) is 5.69 Å². The van der Waals surface area contributed by atoms with Gasteiger partial charge >= 0.3 is 0 Å². The summed E-state index contributed by atoms with van der Waals surface area (Å²) in [5, 5.41) is 9.45. The largest absolute Gasteiger partial charge is 0.389 e. The van der Waals surface area contributed by atoms with Crippen LogP contribution in [0.1, 0.15) is 38.4 Å². The highest BCUT2D eigenvalue weighted by Gasteiger charge is 2.23. The number of anilines is 1. The molecule has 1 aliphatic rings. The van der Waals surface area contributed by atoms with Gasteiger partial charge in [0.05, 0.1) is 6.10 Å². The summed E-state index contributed by atoms with van der Waals surface area (Å²) >= 11 is 0. The van der Waals surface area contributed by atoms with Gasteiger partial charge in [-0.15, -0.1) is 0 Å². The van der Waals surface area contributed by atoms with Crippen LogP contribution in [0.25, 0.3) is 0 Å². The Hall–Kier alpha value is -1.02. The zero-order chi connectivity index (χ0) is 11.5. The zero-order valence-electron chi connectivity index (χ0n) is 10.2. The lowest BCUT2D eigenvalue weighted by molar-refractivity contribution is 0.199. The molecule has 1 fully saturated rings. The van der Waals surface area contributed by atoms with E-state index in [2.05, 4.69) is 24.0 Å². The second-order valence-corrected chi connectivity index (χ2v) is 4.75. The molecule has 1 N–H and O–H groups in total. The van der Waals surface area contributed by atoms with Gasteiger partial charge < -0.3 is 10.0 Å². The van der Waals surface area contributed by atoms with Crippen LogP contribution in [0.2, 0.25) is 0 Å². The van der Waals surface area contributed by atoms with Crippen LogP contribution in [-0.4, -0.2) is 18.2 Å². The second-order valence-electron chi connectivity index (χ2n) is 4.75. The Bertz CT molecular complexity index is 327. The maximum Gasteiger partial charge on any atom is 0.0761 e. The van der Waals surface area contributed by atoms with Gasteiger partial charge in [0.25, 0.3) is 0 Å². The molecule has 1 aromatic rings. The van der Waals surface area contributed by atoms with Gasteiger partial charge in [-0.3, -0.25) is 0 Å². The zero-order valence-corrected chi connectivity index (χ0v) is 10.2. The molecule has 2 heteroatoms. The molecule has 0 radical (unpaired) electrons. The maximum atomic E-state index is 9.45. The van der Waals surface area contributed by atoms with E-state index < -0.39 is 0 Å². The molecule has 0 aromatic heterocycles.